The lowest BCUT2D eigenvalue weighted by Gasteiger charge is -2.43. The molecule has 2 aromatic carbocycles. The monoisotopic (exact) mass is 513 g/mol. The van der Waals surface area contributed by atoms with Gasteiger partial charge in [0.2, 0.25) is 11.8 Å². The van der Waals surface area contributed by atoms with Crippen molar-refractivity contribution in [3.8, 4) is 5.75 Å². The summed E-state index contributed by atoms with van der Waals surface area (Å²) in [6.07, 6.45) is 1.97. The van der Waals surface area contributed by atoms with Crippen LogP contribution in [0.4, 0.5) is 0 Å². The van der Waals surface area contributed by atoms with Crippen LogP contribution in [0.2, 0.25) is 5.02 Å². The Labute approximate surface area is 218 Å². The van der Waals surface area contributed by atoms with Crippen LogP contribution in [0.3, 0.4) is 0 Å². The molecule has 1 atom stereocenters. The Bertz CT molecular complexity index is 1010. The van der Waals surface area contributed by atoms with Crippen LogP contribution in [0.5, 0.6) is 5.75 Å². The molecule has 8 heteroatoms. The highest BCUT2D eigenvalue weighted by atomic mass is 35.5. The van der Waals surface area contributed by atoms with Gasteiger partial charge in [-0.3, -0.25) is 14.5 Å². The van der Waals surface area contributed by atoms with E-state index in [-0.39, 0.29) is 11.8 Å². The molecule has 2 fully saturated rings. The molecule has 0 N–H and O–H groups in total. The van der Waals surface area contributed by atoms with Gasteiger partial charge in [-0.05, 0) is 36.6 Å². The largest absolute Gasteiger partial charge is 0.493 e. The molecule has 0 unspecified atom stereocenters. The first-order chi connectivity index (χ1) is 17.4. The third-order valence-corrected chi connectivity index (χ3v) is 7.27. The van der Waals surface area contributed by atoms with Crippen LogP contribution in [0, 0.1) is 5.41 Å². The maximum atomic E-state index is 13.4. The van der Waals surface area contributed by atoms with Crippen molar-refractivity contribution in [2.45, 2.75) is 25.8 Å². The molecule has 0 saturated carbocycles. The molecular weight excluding hydrogens is 478 g/mol. The number of rotatable bonds is 9. The molecule has 2 aromatic rings. The minimum absolute atomic E-state index is 0.0519. The molecule has 0 spiro atoms. The van der Waals surface area contributed by atoms with Gasteiger partial charge in [-0.1, -0.05) is 48.0 Å². The van der Waals surface area contributed by atoms with Crippen molar-refractivity contribution >= 4 is 23.4 Å². The Hall–Kier alpha value is -2.61. The molecule has 4 rings (SSSR count). The second-order valence-electron chi connectivity index (χ2n) is 9.97. The van der Waals surface area contributed by atoms with Gasteiger partial charge in [0.05, 0.1) is 26.4 Å². The number of likely N-dealkylation sites (tertiary alicyclic amines) is 1. The molecule has 2 saturated heterocycles. The van der Waals surface area contributed by atoms with Crippen LogP contribution >= 0.6 is 11.6 Å². The summed E-state index contributed by atoms with van der Waals surface area (Å²) in [4.78, 5) is 32.5. The first-order valence-corrected chi connectivity index (χ1v) is 13.0. The van der Waals surface area contributed by atoms with Gasteiger partial charge < -0.3 is 19.3 Å². The Morgan fingerprint density at radius 2 is 1.86 bits per heavy atom. The summed E-state index contributed by atoms with van der Waals surface area (Å²) in [5.74, 6) is 0.827. The smallest absolute Gasteiger partial charge is 0.236 e. The van der Waals surface area contributed by atoms with E-state index in [2.05, 4.69) is 4.90 Å². The van der Waals surface area contributed by atoms with Crippen LogP contribution in [-0.4, -0.2) is 86.1 Å². The van der Waals surface area contributed by atoms with Gasteiger partial charge in [0.15, 0.2) is 0 Å². The number of halogens is 1. The molecule has 36 heavy (non-hydrogen) atoms. The Balaban J connectivity index is 1.46. The van der Waals surface area contributed by atoms with E-state index in [9.17, 15) is 9.59 Å². The fraction of sp³-hybridized carbons (Fsp3) is 0.500. The van der Waals surface area contributed by atoms with Gasteiger partial charge in [0.25, 0.3) is 0 Å². The fourth-order valence-corrected chi connectivity index (χ4v) is 5.16. The fourth-order valence-electron chi connectivity index (χ4n) is 4.98. The van der Waals surface area contributed by atoms with E-state index in [1.165, 1.54) is 0 Å². The predicted octanol–water partition coefficient (Wildman–Crippen LogP) is 3.71. The number of carbonyl (C=O) groups excluding carboxylic acids is 2. The normalized spacial score (nSPS) is 20.7. The van der Waals surface area contributed by atoms with E-state index in [4.69, 9.17) is 21.1 Å². The third kappa shape index (κ3) is 7.45. The molecule has 2 aliphatic rings. The summed E-state index contributed by atoms with van der Waals surface area (Å²) in [6.45, 7) is 5.34. The lowest BCUT2D eigenvalue weighted by molar-refractivity contribution is -0.142. The summed E-state index contributed by atoms with van der Waals surface area (Å²) < 4.78 is 11.6. The minimum Gasteiger partial charge on any atom is -0.493 e. The molecule has 2 aliphatic heterocycles. The van der Waals surface area contributed by atoms with Crippen molar-refractivity contribution in [3.05, 3.63) is 65.2 Å². The first kappa shape index (κ1) is 26.5. The van der Waals surface area contributed by atoms with Crippen LogP contribution < -0.4 is 4.74 Å². The number of hydrogen-bond acceptors (Lipinski definition) is 5. The lowest BCUT2D eigenvalue weighted by atomic mass is 9.77. The molecule has 194 valence electrons. The zero-order valence-electron chi connectivity index (χ0n) is 21.0. The van der Waals surface area contributed by atoms with Crippen molar-refractivity contribution in [1.29, 1.82) is 0 Å². The highest BCUT2D eigenvalue weighted by Crippen LogP contribution is 2.35. The van der Waals surface area contributed by atoms with Gasteiger partial charge in [-0.25, -0.2) is 0 Å². The zero-order chi connectivity index (χ0) is 25.4. The number of morpholine rings is 1. The summed E-state index contributed by atoms with van der Waals surface area (Å²) in [6, 6.07) is 17.3. The van der Waals surface area contributed by atoms with E-state index in [0.29, 0.717) is 63.2 Å². The quantitative estimate of drug-likeness (QED) is 0.511. The van der Waals surface area contributed by atoms with Crippen molar-refractivity contribution in [2.24, 2.45) is 5.41 Å². The second kappa shape index (κ2) is 12.6. The number of benzene rings is 2. The third-order valence-electron chi connectivity index (χ3n) is 7.03. The molecule has 0 bridgehead atoms. The Morgan fingerprint density at radius 3 is 2.61 bits per heavy atom. The van der Waals surface area contributed by atoms with Crippen molar-refractivity contribution < 1.29 is 19.1 Å². The van der Waals surface area contributed by atoms with E-state index >= 15 is 0 Å². The topological polar surface area (TPSA) is 62.3 Å². The minimum atomic E-state index is -0.469. The van der Waals surface area contributed by atoms with Crippen LogP contribution in [-0.2, 0) is 20.9 Å². The number of carbonyl (C=O) groups is 2. The molecule has 2 heterocycles. The summed E-state index contributed by atoms with van der Waals surface area (Å²) in [7, 11) is 1.84. The summed E-state index contributed by atoms with van der Waals surface area (Å²) >= 11 is 6.15. The first-order valence-electron chi connectivity index (χ1n) is 12.7. The average Bonchev–Trinajstić information content (AvgIpc) is 2.89. The molecule has 0 aliphatic carbocycles. The maximum absolute atomic E-state index is 13.4. The lowest BCUT2D eigenvalue weighted by Crippen LogP contribution is -2.53. The van der Waals surface area contributed by atoms with E-state index in [0.717, 1.165) is 31.5 Å². The average molecular weight is 514 g/mol. The highest BCUT2D eigenvalue weighted by molar-refractivity contribution is 6.30. The predicted molar refractivity (Wildman–Crippen MR) is 140 cm³/mol. The number of piperidine rings is 1. The number of hydrogen-bond donors (Lipinski definition) is 0. The van der Waals surface area contributed by atoms with E-state index in [1.54, 1.807) is 17.0 Å². The molecular formula is C28H36ClN3O4. The second-order valence-corrected chi connectivity index (χ2v) is 10.4. The molecule has 0 aromatic heterocycles. The zero-order valence-corrected chi connectivity index (χ0v) is 21.8. The summed E-state index contributed by atoms with van der Waals surface area (Å²) in [5.41, 5.74) is 0.618. The summed E-state index contributed by atoms with van der Waals surface area (Å²) in [5, 5.41) is 0.603. The maximum Gasteiger partial charge on any atom is 0.236 e. The van der Waals surface area contributed by atoms with E-state index < -0.39 is 5.41 Å². The Morgan fingerprint density at radius 1 is 1.08 bits per heavy atom. The van der Waals surface area contributed by atoms with Crippen molar-refractivity contribution in [3.63, 3.8) is 0 Å². The molecule has 7 nitrogen and oxygen atoms in total. The van der Waals surface area contributed by atoms with Crippen molar-refractivity contribution in [2.75, 3.05) is 59.6 Å². The van der Waals surface area contributed by atoms with E-state index in [1.807, 2.05) is 54.4 Å². The van der Waals surface area contributed by atoms with Crippen LogP contribution in [0.1, 0.15) is 24.8 Å². The standard InChI is InChI=1S/C28H36ClN3O4/c1-30(19-23-7-3-2-4-8-23)26(33)18-28(22-36-25-10-5-9-24(29)17-25)11-6-12-32(21-28)27(34)20-31-13-15-35-16-14-31/h2-5,7-10,17H,6,11-16,18-22H2,1H3/t28-/m1/s1. The number of nitrogens with zero attached hydrogens (tertiary/aromatic N) is 3. The van der Waals surface area contributed by atoms with Crippen LogP contribution in [0.15, 0.2) is 54.6 Å². The SMILES string of the molecule is CN(Cc1ccccc1)C(=O)C[C@]1(COc2cccc(Cl)c2)CCCN(C(=O)CN2CCOCC2)C1. The van der Waals surface area contributed by atoms with Gasteiger partial charge in [0.1, 0.15) is 5.75 Å². The van der Waals surface area contributed by atoms with Crippen LogP contribution in [0.25, 0.3) is 0 Å². The van der Waals surface area contributed by atoms with Gasteiger partial charge >= 0.3 is 0 Å². The Kier molecular flexibility index (Phi) is 9.24. The van der Waals surface area contributed by atoms with Gasteiger partial charge in [-0.15, -0.1) is 0 Å². The highest BCUT2D eigenvalue weighted by Gasteiger charge is 2.40. The number of ether oxygens (including phenoxy) is 2. The van der Waals surface area contributed by atoms with Crippen molar-refractivity contribution in [1.82, 2.24) is 14.7 Å². The number of amides is 2. The van der Waals surface area contributed by atoms with Gasteiger partial charge in [0, 0.05) is 56.6 Å². The molecule has 0 radical (unpaired) electrons. The molecule has 2 amide bonds. The van der Waals surface area contributed by atoms with Gasteiger partial charge in [-0.2, -0.15) is 0 Å².